The molecule has 0 amide bonds. The molecule has 3 nitrogen and oxygen atoms in total. The van der Waals surface area contributed by atoms with Gasteiger partial charge in [0.25, 0.3) is 0 Å². The van der Waals surface area contributed by atoms with Gasteiger partial charge in [0.15, 0.2) is 0 Å². The molecule has 1 heterocycles. The Kier molecular flexibility index (Phi) is 4.56. The summed E-state index contributed by atoms with van der Waals surface area (Å²) in [5, 5.41) is 4.31. The van der Waals surface area contributed by atoms with E-state index in [1.165, 1.54) is 6.20 Å². The first-order valence-electron chi connectivity index (χ1n) is 4.57. The number of nitrogens with one attached hydrogen (secondary N) is 1. The van der Waals surface area contributed by atoms with E-state index in [1.807, 2.05) is 0 Å². The van der Waals surface area contributed by atoms with Gasteiger partial charge in [0.05, 0.1) is 25.2 Å². The number of nitrogens with zero attached hydrogens (tertiary/aromatic N) is 2. The van der Waals surface area contributed by atoms with Crippen LogP contribution in [0.25, 0.3) is 0 Å². The molecule has 0 saturated carbocycles. The molecule has 0 atom stereocenters. The molecule has 0 aliphatic heterocycles. The number of anilines is 2. The third kappa shape index (κ3) is 3.19. The molecule has 0 fully saturated rings. The number of halogens is 5. The number of hydrogen-bond acceptors (Lipinski definition) is 3. The molecular weight excluding hydrogens is 384 g/mol. The summed E-state index contributed by atoms with van der Waals surface area (Å²) in [6.45, 7) is 0. The average molecular weight is 388 g/mol. The van der Waals surface area contributed by atoms with Gasteiger partial charge in [0.2, 0.25) is 5.28 Å². The summed E-state index contributed by atoms with van der Waals surface area (Å²) in [5.41, 5.74) is 0.571. The average Bonchev–Trinajstić information content (AvgIpc) is 2.30. The van der Waals surface area contributed by atoms with Gasteiger partial charge >= 0.3 is 0 Å². The predicted molar refractivity (Wildman–Crippen MR) is 79.5 cm³/mol. The standard InChI is InChI=1S/C10H4BrCl4N3/c11-4-3-16-10(15)18-9(4)17-8-2-6(13)5(12)1-7(8)14/h1-3H,(H,16,17,18). The second-order valence-electron chi connectivity index (χ2n) is 3.21. The van der Waals surface area contributed by atoms with Gasteiger partial charge in [0, 0.05) is 6.20 Å². The molecule has 0 saturated heterocycles. The largest absolute Gasteiger partial charge is 0.338 e. The summed E-state index contributed by atoms with van der Waals surface area (Å²) in [4.78, 5) is 7.85. The molecule has 1 aromatic heterocycles. The lowest BCUT2D eigenvalue weighted by Gasteiger charge is -2.10. The molecule has 94 valence electrons. The molecule has 2 rings (SSSR count). The van der Waals surface area contributed by atoms with E-state index in [-0.39, 0.29) is 5.28 Å². The fourth-order valence-corrected chi connectivity index (χ4v) is 2.20. The Hall–Kier alpha value is -0.260. The van der Waals surface area contributed by atoms with E-state index in [0.29, 0.717) is 31.0 Å². The molecule has 1 N–H and O–H groups in total. The second kappa shape index (κ2) is 5.80. The lowest BCUT2D eigenvalue weighted by Crippen LogP contribution is -1.97. The van der Waals surface area contributed by atoms with Gasteiger partial charge in [-0.2, -0.15) is 4.98 Å². The van der Waals surface area contributed by atoms with Crippen LogP contribution < -0.4 is 5.32 Å². The van der Waals surface area contributed by atoms with Crippen LogP contribution in [0.4, 0.5) is 11.5 Å². The number of aromatic nitrogens is 2. The molecule has 0 spiro atoms. The maximum atomic E-state index is 6.05. The van der Waals surface area contributed by atoms with E-state index in [1.54, 1.807) is 12.1 Å². The Labute approximate surface area is 132 Å². The quantitative estimate of drug-likeness (QED) is 0.538. The van der Waals surface area contributed by atoms with Crippen molar-refractivity contribution >= 4 is 73.8 Å². The van der Waals surface area contributed by atoms with Gasteiger partial charge in [-0.3, -0.25) is 0 Å². The highest BCUT2D eigenvalue weighted by atomic mass is 79.9. The smallest absolute Gasteiger partial charge is 0.224 e. The Balaban J connectivity index is 2.40. The first-order valence-corrected chi connectivity index (χ1v) is 6.87. The fourth-order valence-electron chi connectivity index (χ4n) is 1.18. The van der Waals surface area contributed by atoms with Crippen molar-refractivity contribution in [3.05, 3.63) is 43.2 Å². The third-order valence-electron chi connectivity index (χ3n) is 1.98. The Morgan fingerprint density at radius 1 is 1.00 bits per heavy atom. The summed E-state index contributed by atoms with van der Waals surface area (Å²) in [5.74, 6) is 0.482. The Morgan fingerprint density at radius 3 is 2.39 bits per heavy atom. The monoisotopic (exact) mass is 385 g/mol. The minimum atomic E-state index is 0.122. The van der Waals surface area contributed by atoms with Gasteiger partial charge in [-0.05, 0) is 39.7 Å². The molecule has 0 aliphatic carbocycles. The summed E-state index contributed by atoms with van der Waals surface area (Å²) in [6, 6.07) is 3.15. The van der Waals surface area contributed by atoms with Gasteiger partial charge in [-0.1, -0.05) is 34.8 Å². The molecule has 2 aromatic rings. The van der Waals surface area contributed by atoms with Crippen LogP contribution >= 0.6 is 62.3 Å². The Morgan fingerprint density at radius 2 is 1.67 bits per heavy atom. The molecule has 18 heavy (non-hydrogen) atoms. The van der Waals surface area contributed by atoms with Crippen LogP contribution in [0.1, 0.15) is 0 Å². The molecule has 1 aromatic carbocycles. The summed E-state index contributed by atoms with van der Waals surface area (Å²) in [7, 11) is 0. The second-order valence-corrected chi connectivity index (χ2v) is 5.62. The van der Waals surface area contributed by atoms with Crippen molar-refractivity contribution in [3.63, 3.8) is 0 Å². The maximum absolute atomic E-state index is 6.05. The fraction of sp³-hybridized carbons (Fsp3) is 0. The van der Waals surface area contributed by atoms with Crippen molar-refractivity contribution in [1.82, 2.24) is 9.97 Å². The van der Waals surface area contributed by atoms with Gasteiger partial charge in [0.1, 0.15) is 5.82 Å². The first-order chi connectivity index (χ1) is 8.47. The van der Waals surface area contributed by atoms with Crippen molar-refractivity contribution in [2.45, 2.75) is 0 Å². The van der Waals surface area contributed by atoms with Crippen LogP contribution in [0.15, 0.2) is 22.8 Å². The highest BCUT2D eigenvalue weighted by molar-refractivity contribution is 9.10. The van der Waals surface area contributed by atoms with Crippen molar-refractivity contribution in [1.29, 1.82) is 0 Å². The van der Waals surface area contributed by atoms with E-state index in [0.717, 1.165) is 0 Å². The third-order valence-corrected chi connectivity index (χ3v) is 3.78. The van der Waals surface area contributed by atoms with Crippen LogP contribution in [0, 0.1) is 0 Å². The molecular formula is C10H4BrCl4N3. The normalized spacial score (nSPS) is 10.5. The lowest BCUT2D eigenvalue weighted by atomic mass is 10.3. The predicted octanol–water partition coefficient (Wildman–Crippen LogP) is 5.60. The minimum Gasteiger partial charge on any atom is -0.338 e. The van der Waals surface area contributed by atoms with Crippen LogP contribution in [0.3, 0.4) is 0 Å². The minimum absolute atomic E-state index is 0.122. The van der Waals surface area contributed by atoms with E-state index >= 15 is 0 Å². The zero-order valence-electron chi connectivity index (χ0n) is 8.52. The molecule has 0 unspecified atom stereocenters. The first kappa shape index (κ1) is 14.2. The van der Waals surface area contributed by atoms with Crippen LogP contribution in [0.2, 0.25) is 20.4 Å². The molecule has 0 aliphatic rings. The van der Waals surface area contributed by atoms with Crippen molar-refractivity contribution in [3.8, 4) is 0 Å². The van der Waals surface area contributed by atoms with Crippen molar-refractivity contribution < 1.29 is 0 Å². The number of hydrogen-bond donors (Lipinski definition) is 1. The van der Waals surface area contributed by atoms with Gasteiger partial charge in [-0.15, -0.1) is 0 Å². The number of benzene rings is 1. The van der Waals surface area contributed by atoms with Crippen LogP contribution in [-0.4, -0.2) is 9.97 Å². The van der Waals surface area contributed by atoms with E-state index in [2.05, 4.69) is 31.2 Å². The highest BCUT2D eigenvalue weighted by Gasteiger charge is 2.09. The topological polar surface area (TPSA) is 37.8 Å². The van der Waals surface area contributed by atoms with Crippen molar-refractivity contribution in [2.24, 2.45) is 0 Å². The summed E-state index contributed by atoms with van der Waals surface area (Å²) in [6.07, 6.45) is 1.53. The van der Waals surface area contributed by atoms with Crippen LogP contribution in [0.5, 0.6) is 0 Å². The van der Waals surface area contributed by atoms with Gasteiger partial charge in [-0.25, -0.2) is 4.98 Å². The summed E-state index contributed by atoms with van der Waals surface area (Å²) >= 11 is 26.8. The van der Waals surface area contributed by atoms with E-state index in [4.69, 9.17) is 46.4 Å². The van der Waals surface area contributed by atoms with Crippen molar-refractivity contribution in [2.75, 3.05) is 5.32 Å². The Bertz CT molecular complexity index is 606. The molecule has 0 radical (unpaired) electrons. The van der Waals surface area contributed by atoms with E-state index < -0.39 is 0 Å². The molecule has 8 heteroatoms. The maximum Gasteiger partial charge on any atom is 0.224 e. The zero-order chi connectivity index (χ0) is 13.3. The van der Waals surface area contributed by atoms with Gasteiger partial charge < -0.3 is 5.32 Å². The summed E-state index contributed by atoms with van der Waals surface area (Å²) < 4.78 is 0.647. The SMILES string of the molecule is Clc1ncc(Br)c(Nc2cc(Cl)c(Cl)cc2Cl)n1. The lowest BCUT2D eigenvalue weighted by molar-refractivity contribution is 1.15. The zero-order valence-corrected chi connectivity index (χ0v) is 13.1. The van der Waals surface area contributed by atoms with E-state index in [9.17, 15) is 0 Å². The highest BCUT2D eigenvalue weighted by Crippen LogP contribution is 2.34. The number of rotatable bonds is 2. The molecule has 0 bridgehead atoms. The van der Waals surface area contributed by atoms with Crippen LogP contribution in [-0.2, 0) is 0 Å².